The van der Waals surface area contributed by atoms with E-state index in [0.29, 0.717) is 11.6 Å². The molecule has 0 radical (unpaired) electrons. The van der Waals surface area contributed by atoms with Crippen molar-refractivity contribution in [2.75, 3.05) is 11.9 Å². The summed E-state index contributed by atoms with van der Waals surface area (Å²) in [6.45, 7) is 2.91. The van der Waals surface area contributed by atoms with E-state index in [-0.39, 0.29) is 10.6 Å². The minimum Gasteiger partial charge on any atom is -0.379 e. The Balaban J connectivity index is 2.49. The van der Waals surface area contributed by atoms with Crippen molar-refractivity contribution in [1.82, 2.24) is 0 Å². The van der Waals surface area contributed by atoms with Gasteiger partial charge in [0.1, 0.15) is 5.69 Å². The van der Waals surface area contributed by atoms with E-state index in [4.69, 9.17) is 0 Å². The number of anilines is 1. The van der Waals surface area contributed by atoms with Gasteiger partial charge < -0.3 is 5.32 Å². The molecule has 0 bridgehead atoms. The molecule has 0 aliphatic carbocycles. The molecule has 1 aliphatic rings. The highest BCUT2D eigenvalue weighted by atomic mass is 16.6. The summed E-state index contributed by atoms with van der Waals surface area (Å²) in [6, 6.07) is 5.27. The fourth-order valence-corrected chi connectivity index (χ4v) is 1.94. The van der Waals surface area contributed by atoms with Crippen LogP contribution in [0, 0.1) is 10.1 Å². The average molecular weight is 192 g/mol. The fourth-order valence-electron chi connectivity index (χ4n) is 1.94. The lowest BCUT2D eigenvalue weighted by molar-refractivity contribution is -0.383. The molecule has 0 amide bonds. The lowest BCUT2D eigenvalue weighted by Crippen LogP contribution is -1.99. The number of hydrogen-bond acceptors (Lipinski definition) is 3. The van der Waals surface area contributed by atoms with Crippen molar-refractivity contribution < 1.29 is 4.92 Å². The third kappa shape index (κ3) is 1.23. The Morgan fingerprint density at radius 3 is 3.07 bits per heavy atom. The van der Waals surface area contributed by atoms with Crippen molar-refractivity contribution in [3.05, 3.63) is 33.9 Å². The largest absolute Gasteiger partial charge is 0.379 e. The van der Waals surface area contributed by atoms with Gasteiger partial charge >= 0.3 is 0 Å². The zero-order valence-corrected chi connectivity index (χ0v) is 7.99. The van der Waals surface area contributed by atoms with Crippen molar-refractivity contribution in [3.63, 3.8) is 0 Å². The van der Waals surface area contributed by atoms with Gasteiger partial charge in [0.15, 0.2) is 0 Å². The van der Waals surface area contributed by atoms with Crippen LogP contribution >= 0.6 is 0 Å². The van der Waals surface area contributed by atoms with Crippen molar-refractivity contribution in [1.29, 1.82) is 0 Å². The Labute approximate surface area is 82.1 Å². The minimum absolute atomic E-state index is 0.193. The molecule has 0 saturated carbocycles. The van der Waals surface area contributed by atoms with Crippen LogP contribution in [0.5, 0.6) is 0 Å². The van der Waals surface area contributed by atoms with Gasteiger partial charge in [0.05, 0.1) is 4.92 Å². The smallest absolute Gasteiger partial charge is 0.292 e. The molecule has 1 aliphatic heterocycles. The molecule has 1 unspecified atom stereocenters. The molecule has 0 spiro atoms. The van der Waals surface area contributed by atoms with Crippen molar-refractivity contribution >= 4 is 11.4 Å². The van der Waals surface area contributed by atoms with Crippen LogP contribution in [0.25, 0.3) is 0 Å². The molecule has 4 heteroatoms. The summed E-state index contributed by atoms with van der Waals surface area (Å²) in [5.41, 5.74) is 1.99. The summed E-state index contributed by atoms with van der Waals surface area (Å²) in [5.74, 6) is 0.421. The molecule has 0 fully saturated rings. The van der Waals surface area contributed by atoms with Crippen LogP contribution in [-0.2, 0) is 0 Å². The number of nitrogens with one attached hydrogen (secondary N) is 1. The number of nitro benzene ring substituents is 1. The van der Waals surface area contributed by atoms with E-state index in [1.165, 1.54) is 0 Å². The first-order valence-corrected chi connectivity index (χ1v) is 4.75. The lowest BCUT2D eigenvalue weighted by atomic mass is 9.98. The molecule has 1 aromatic carbocycles. The number of rotatable bonds is 2. The zero-order valence-electron chi connectivity index (χ0n) is 7.99. The first kappa shape index (κ1) is 8.99. The van der Waals surface area contributed by atoms with Gasteiger partial charge in [0.25, 0.3) is 5.69 Å². The Kier molecular flexibility index (Phi) is 2.11. The van der Waals surface area contributed by atoms with Gasteiger partial charge in [-0.25, -0.2) is 0 Å². The van der Waals surface area contributed by atoms with Gasteiger partial charge in [-0.2, -0.15) is 0 Å². The number of nitrogens with zero attached hydrogens (tertiary/aromatic N) is 1. The van der Waals surface area contributed by atoms with Crippen LogP contribution in [0.3, 0.4) is 0 Å². The van der Waals surface area contributed by atoms with Crippen LogP contribution in [0.2, 0.25) is 0 Å². The second-order valence-corrected chi connectivity index (χ2v) is 3.48. The molecule has 1 aromatic rings. The predicted molar refractivity (Wildman–Crippen MR) is 54.6 cm³/mol. The molecule has 74 valence electrons. The van der Waals surface area contributed by atoms with Gasteiger partial charge in [-0.05, 0) is 12.0 Å². The average Bonchev–Trinajstić information content (AvgIpc) is 2.59. The Morgan fingerprint density at radius 1 is 1.64 bits per heavy atom. The molecule has 1 atom stereocenters. The molecule has 0 aromatic heterocycles. The molecule has 1 N–H and O–H groups in total. The van der Waals surface area contributed by atoms with E-state index in [1.54, 1.807) is 12.1 Å². The van der Waals surface area contributed by atoms with Crippen molar-refractivity contribution in [2.45, 2.75) is 19.3 Å². The van der Waals surface area contributed by atoms with Crippen LogP contribution in [0.15, 0.2) is 18.2 Å². The number of hydrogen-bond donors (Lipinski definition) is 1. The highest BCUT2D eigenvalue weighted by molar-refractivity contribution is 5.70. The van der Waals surface area contributed by atoms with Crippen molar-refractivity contribution in [2.24, 2.45) is 0 Å². The van der Waals surface area contributed by atoms with Gasteiger partial charge in [0, 0.05) is 18.5 Å². The number of benzene rings is 1. The fraction of sp³-hybridized carbons (Fsp3) is 0.400. The topological polar surface area (TPSA) is 55.2 Å². The van der Waals surface area contributed by atoms with Crippen molar-refractivity contribution in [3.8, 4) is 0 Å². The second kappa shape index (κ2) is 3.29. The SMILES string of the molecule is CCC1CNc2c1cccc2[N+](=O)[O-]. The monoisotopic (exact) mass is 192 g/mol. The standard InChI is InChI=1S/C10H12N2O2/c1-2-7-6-11-10-8(7)4-3-5-9(10)12(13)14/h3-5,7,11H,2,6H2,1H3. The molecule has 2 rings (SSSR count). The normalized spacial score (nSPS) is 18.8. The van der Waals surface area contributed by atoms with Crippen LogP contribution in [0.1, 0.15) is 24.8 Å². The Morgan fingerprint density at radius 2 is 2.43 bits per heavy atom. The molecule has 4 nitrogen and oxygen atoms in total. The van der Waals surface area contributed by atoms with E-state index >= 15 is 0 Å². The number of nitro groups is 1. The molecule has 0 saturated heterocycles. The number of para-hydroxylation sites is 1. The summed E-state index contributed by atoms with van der Waals surface area (Å²) in [7, 11) is 0. The summed E-state index contributed by atoms with van der Waals surface area (Å²) in [6.07, 6.45) is 1.02. The second-order valence-electron chi connectivity index (χ2n) is 3.48. The van der Waals surface area contributed by atoms with E-state index in [9.17, 15) is 10.1 Å². The van der Waals surface area contributed by atoms with Gasteiger partial charge in [-0.15, -0.1) is 0 Å². The van der Waals surface area contributed by atoms with E-state index in [0.717, 1.165) is 18.5 Å². The number of fused-ring (bicyclic) bond motifs is 1. The van der Waals surface area contributed by atoms with Crippen LogP contribution < -0.4 is 5.32 Å². The molecule has 1 heterocycles. The Bertz CT molecular complexity index is 376. The highest BCUT2D eigenvalue weighted by Gasteiger charge is 2.27. The summed E-state index contributed by atoms with van der Waals surface area (Å²) >= 11 is 0. The van der Waals surface area contributed by atoms with Gasteiger partial charge in [-0.3, -0.25) is 10.1 Å². The first-order valence-electron chi connectivity index (χ1n) is 4.75. The maximum absolute atomic E-state index is 10.7. The summed E-state index contributed by atoms with van der Waals surface area (Å²) in [4.78, 5) is 10.4. The van der Waals surface area contributed by atoms with Gasteiger partial charge in [-0.1, -0.05) is 19.1 Å². The maximum atomic E-state index is 10.7. The highest BCUT2D eigenvalue weighted by Crippen LogP contribution is 2.39. The molecular weight excluding hydrogens is 180 g/mol. The zero-order chi connectivity index (χ0) is 10.1. The van der Waals surface area contributed by atoms with Gasteiger partial charge in [0.2, 0.25) is 0 Å². The third-order valence-corrected chi connectivity index (χ3v) is 2.73. The van der Waals surface area contributed by atoms with E-state index < -0.39 is 0 Å². The van der Waals surface area contributed by atoms with E-state index in [2.05, 4.69) is 12.2 Å². The first-order chi connectivity index (χ1) is 6.74. The van der Waals surface area contributed by atoms with Crippen LogP contribution in [0.4, 0.5) is 11.4 Å². The minimum atomic E-state index is -0.329. The third-order valence-electron chi connectivity index (χ3n) is 2.73. The maximum Gasteiger partial charge on any atom is 0.292 e. The Hall–Kier alpha value is -1.58. The lowest BCUT2D eigenvalue weighted by Gasteiger charge is -2.04. The molecule has 14 heavy (non-hydrogen) atoms. The van der Waals surface area contributed by atoms with Crippen LogP contribution in [-0.4, -0.2) is 11.5 Å². The predicted octanol–water partition coefficient (Wildman–Crippen LogP) is 2.51. The van der Waals surface area contributed by atoms with E-state index in [1.807, 2.05) is 6.07 Å². The quantitative estimate of drug-likeness (QED) is 0.578. The molecular formula is C10H12N2O2. The summed E-state index contributed by atoms with van der Waals surface area (Å²) < 4.78 is 0. The summed E-state index contributed by atoms with van der Waals surface area (Å²) in [5, 5.41) is 13.8.